The molecule has 0 aliphatic carbocycles. The van der Waals surface area contributed by atoms with Crippen molar-refractivity contribution in [3.05, 3.63) is 0 Å². The highest BCUT2D eigenvalue weighted by Crippen LogP contribution is 2.03. The fourth-order valence-electron chi connectivity index (χ4n) is 0.592. The van der Waals surface area contributed by atoms with Crippen LogP contribution in [0.2, 0.25) is 0 Å². The smallest absolute Gasteiger partial charge is 0.158 e. The Morgan fingerprint density at radius 3 is 2.09 bits per heavy atom. The zero-order chi connectivity index (χ0) is 9.02. The number of carbonyl (C=O) groups excluding carboxylic acids is 1. The molecule has 0 unspecified atom stereocenters. The van der Waals surface area contributed by atoms with E-state index >= 15 is 0 Å². The number of Topliss-reactive ketones (excluding diaryl/α,β-unsaturated/α-hetero) is 1. The molecule has 0 aromatic heterocycles. The van der Waals surface area contributed by atoms with Crippen LogP contribution in [0.25, 0.3) is 0 Å². The van der Waals surface area contributed by atoms with E-state index in [4.69, 9.17) is 15.3 Å². The van der Waals surface area contributed by atoms with Crippen molar-refractivity contribution >= 4 is 5.78 Å². The van der Waals surface area contributed by atoms with Crippen LogP contribution in [0.3, 0.4) is 0 Å². The van der Waals surface area contributed by atoms with Gasteiger partial charge in [0.15, 0.2) is 5.78 Å². The average Bonchev–Trinajstić information content (AvgIpc) is 1.87. The zero-order valence-electron chi connectivity index (χ0n) is 6.69. The molecular weight excluding hydrogens is 148 g/mol. The lowest BCUT2D eigenvalue weighted by molar-refractivity contribution is -0.127. The molecule has 66 valence electrons. The van der Waals surface area contributed by atoms with Gasteiger partial charge in [-0.15, -0.1) is 0 Å². The molecule has 0 aliphatic rings. The molecule has 0 spiro atoms. The Morgan fingerprint density at radius 2 is 1.82 bits per heavy atom. The van der Waals surface area contributed by atoms with Crippen LogP contribution < -0.4 is 0 Å². The van der Waals surface area contributed by atoms with Gasteiger partial charge in [-0.2, -0.15) is 0 Å². The van der Waals surface area contributed by atoms with Gasteiger partial charge in [-0.25, -0.2) is 0 Å². The van der Waals surface area contributed by atoms with Crippen molar-refractivity contribution < 1.29 is 20.1 Å². The van der Waals surface area contributed by atoms with E-state index in [1.807, 2.05) is 0 Å². The highest BCUT2D eigenvalue weighted by molar-refractivity contribution is 5.80. The second-order valence-corrected chi connectivity index (χ2v) is 2.67. The van der Waals surface area contributed by atoms with Crippen molar-refractivity contribution in [2.24, 2.45) is 0 Å². The van der Waals surface area contributed by atoms with Gasteiger partial charge in [0.05, 0.1) is 12.2 Å². The Bertz CT molecular complexity index is 132. The van der Waals surface area contributed by atoms with Gasteiger partial charge < -0.3 is 15.3 Å². The Morgan fingerprint density at radius 1 is 1.36 bits per heavy atom. The molecule has 0 saturated carbocycles. The highest BCUT2D eigenvalue weighted by atomic mass is 16.3. The van der Waals surface area contributed by atoms with Gasteiger partial charge in [-0.1, -0.05) is 0 Å². The van der Waals surface area contributed by atoms with E-state index in [9.17, 15) is 4.79 Å². The standard InChI is InChI=1S/C7H14O4/c1-4(8)6(10)3-7(11)5(2)9/h4,6-8,10-11H,3H2,1-2H3/t4-,6+,7-/m1/s1. The van der Waals surface area contributed by atoms with Crippen LogP contribution in [0, 0.1) is 0 Å². The van der Waals surface area contributed by atoms with Crippen molar-refractivity contribution in [3.8, 4) is 0 Å². The van der Waals surface area contributed by atoms with E-state index in [0.29, 0.717) is 0 Å². The Kier molecular flexibility index (Phi) is 4.25. The maximum Gasteiger partial charge on any atom is 0.158 e. The highest BCUT2D eigenvalue weighted by Gasteiger charge is 2.18. The molecular formula is C7H14O4. The maximum atomic E-state index is 10.5. The Balaban J connectivity index is 3.75. The molecule has 0 aromatic carbocycles. The van der Waals surface area contributed by atoms with Crippen molar-refractivity contribution in [3.63, 3.8) is 0 Å². The number of ketones is 1. The first-order chi connectivity index (χ1) is 4.95. The predicted molar refractivity (Wildman–Crippen MR) is 39.0 cm³/mol. The van der Waals surface area contributed by atoms with Crippen LogP contribution in [0.5, 0.6) is 0 Å². The fourth-order valence-corrected chi connectivity index (χ4v) is 0.592. The van der Waals surface area contributed by atoms with Crippen LogP contribution in [0.4, 0.5) is 0 Å². The van der Waals surface area contributed by atoms with E-state index in [1.165, 1.54) is 13.8 Å². The third-order valence-corrected chi connectivity index (χ3v) is 1.49. The number of carbonyl (C=O) groups is 1. The number of hydrogen-bond acceptors (Lipinski definition) is 4. The molecule has 0 heterocycles. The van der Waals surface area contributed by atoms with E-state index < -0.39 is 24.1 Å². The molecule has 0 fully saturated rings. The topological polar surface area (TPSA) is 77.8 Å². The summed E-state index contributed by atoms with van der Waals surface area (Å²) in [7, 11) is 0. The van der Waals surface area contributed by atoms with Gasteiger partial charge in [0, 0.05) is 6.42 Å². The zero-order valence-corrected chi connectivity index (χ0v) is 6.69. The third kappa shape index (κ3) is 4.08. The largest absolute Gasteiger partial charge is 0.391 e. The summed E-state index contributed by atoms with van der Waals surface area (Å²) in [6.07, 6.45) is -3.22. The molecule has 3 N–H and O–H groups in total. The lowest BCUT2D eigenvalue weighted by Crippen LogP contribution is -2.30. The first-order valence-electron chi connectivity index (χ1n) is 3.49. The van der Waals surface area contributed by atoms with Crippen molar-refractivity contribution in [2.75, 3.05) is 0 Å². The summed E-state index contributed by atoms with van der Waals surface area (Å²) in [6.45, 7) is 2.64. The van der Waals surface area contributed by atoms with Gasteiger partial charge in [-0.3, -0.25) is 4.79 Å². The summed E-state index contributed by atoms with van der Waals surface area (Å²) in [5.74, 6) is -0.398. The van der Waals surface area contributed by atoms with E-state index in [0.717, 1.165) is 0 Å². The molecule has 4 heteroatoms. The van der Waals surface area contributed by atoms with Crippen LogP contribution in [-0.4, -0.2) is 39.4 Å². The fraction of sp³-hybridized carbons (Fsp3) is 0.857. The molecule has 0 radical (unpaired) electrons. The van der Waals surface area contributed by atoms with Crippen molar-refractivity contribution in [1.82, 2.24) is 0 Å². The average molecular weight is 162 g/mol. The Hall–Kier alpha value is -0.450. The van der Waals surface area contributed by atoms with Crippen molar-refractivity contribution in [2.45, 2.75) is 38.6 Å². The van der Waals surface area contributed by atoms with Gasteiger partial charge in [0.25, 0.3) is 0 Å². The first kappa shape index (κ1) is 10.6. The number of aliphatic hydroxyl groups excluding tert-OH is 3. The minimum absolute atomic E-state index is 0.104. The molecule has 0 rings (SSSR count). The van der Waals surface area contributed by atoms with Gasteiger partial charge in [0.2, 0.25) is 0 Å². The van der Waals surface area contributed by atoms with E-state index in [1.54, 1.807) is 0 Å². The van der Waals surface area contributed by atoms with Gasteiger partial charge in [0.1, 0.15) is 6.10 Å². The maximum absolute atomic E-state index is 10.5. The minimum Gasteiger partial charge on any atom is -0.391 e. The molecule has 0 bridgehead atoms. The van der Waals surface area contributed by atoms with Crippen LogP contribution in [-0.2, 0) is 4.79 Å². The second-order valence-electron chi connectivity index (χ2n) is 2.67. The Labute approximate surface area is 65.5 Å². The summed E-state index contributed by atoms with van der Waals surface area (Å²) in [5.41, 5.74) is 0. The molecule has 0 saturated heterocycles. The molecule has 0 aliphatic heterocycles. The molecule has 11 heavy (non-hydrogen) atoms. The van der Waals surface area contributed by atoms with E-state index in [2.05, 4.69) is 0 Å². The SMILES string of the molecule is CC(=O)[C@H](O)C[C@H](O)[C@@H](C)O. The summed E-state index contributed by atoms with van der Waals surface area (Å²) in [6, 6.07) is 0. The molecule has 0 amide bonds. The summed E-state index contributed by atoms with van der Waals surface area (Å²) < 4.78 is 0. The van der Waals surface area contributed by atoms with Crippen LogP contribution >= 0.6 is 0 Å². The van der Waals surface area contributed by atoms with Gasteiger partial charge >= 0.3 is 0 Å². The monoisotopic (exact) mass is 162 g/mol. The molecule has 0 aromatic rings. The summed E-state index contributed by atoms with van der Waals surface area (Å²) in [4.78, 5) is 10.5. The van der Waals surface area contributed by atoms with Gasteiger partial charge in [-0.05, 0) is 13.8 Å². The lowest BCUT2D eigenvalue weighted by Gasteiger charge is -2.15. The first-order valence-corrected chi connectivity index (χ1v) is 3.49. The third-order valence-electron chi connectivity index (χ3n) is 1.49. The predicted octanol–water partition coefficient (Wildman–Crippen LogP) is -0.932. The molecule has 4 nitrogen and oxygen atoms in total. The molecule has 3 atom stereocenters. The van der Waals surface area contributed by atoms with E-state index in [-0.39, 0.29) is 6.42 Å². The van der Waals surface area contributed by atoms with Crippen molar-refractivity contribution in [1.29, 1.82) is 0 Å². The van der Waals surface area contributed by atoms with Crippen LogP contribution in [0.15, 0.2) is 0 Å². The summed E-state index contributed by atoms with van der Waals surface area (Å²) in [5, 5.41) is 26.7. The lowest BCUT2D eigenvalue weighted by atomic mass is 10.1. The quantitative estimate of drug-likeness (QED) is 0.499. The summed E-state index contributed by atoms with van der Waals surface area (Å²) >= 11 is 0. The minimum atomic E-state index is -1.17. The van der Waals surface area contributed by atoms with Crippen LogP contribution in [0.1, 0.15) is 20.3 Å². The second kappa shape index (κ2) is 4.43. The number of rotatable bonds is 4. The number of aliphatic hydroxyl groups is 3. The normalized spacial score (nSPS) is 19.0. The number of hydrogen-bond donors (Lipinski definition) is 3.